The second-order valence-electron chi connectivity index (χ2n) is 4.32. The molecule has 0 radical (unpaired) electrons. The minimum atomic E-state index is -0.179. The Bertz CT molecular complexity index is 620. The summed E-state index contributed by atoms with van der Waals surface area (Å²) in [5.74, 6) is 1.36. The normalized spacial score (nSPS) is 18.8. The number of nitrogens with zero attached hydrogens (tertiary/aromatic N) is 3. The van der Waals surface area contributed by atoms with E-state index < -0.39 is 0 Å². The lowest BCUT2D eigenvalue weighted by Gasteiger charge is -2.05. The van der Waals surface area contributed by atoms with E-state index in [-0.39, 0.29) is 11.2 Å². The third kappa shape index (κ3) is 2.14. The van der Waals surface area contributed by atoms with E-state index >= 15 is 0 Å². The smallest absolute Gasteiger partial charge is 0.319 e. The first kappa shape index (κ1) is 12.3. The Morgan fingerprint density at radius 2 is 2.32 bits per heavy atom. The van der Waals surface area contributed by atoms with E-state index in [0.717, 1.165) is 23.6 Å². The molecule has 3 heterocycles. The molecule has 6 nitrogen and oxygen atoms in total. The van der Waals surface area contributed by atoms with Gasteiger partial charge in [-0.3, -0.25) is 4.79 Å². The van der Waals surface area contributed by atoms with Crippen molar-refractivity contribution in [3.8, 4) is 11.4 Å². The van der Waals surface area contributed by atoms with E-state index in [4.69, 9.17) is 9.15 Å². The maximum absolute atomic E-state index is 11.5. The average molecular weight is 279 g/mol. The van der Waals surface area contributed by atoms with Gasteiger partial charge in [0.25, 0.3) is 0 Å². The van der Waals surface area contributed by atoms with Gasteiger partial charge < -0.3 is 13.7 Å². The zero-order valence-corrected chi connectivity index (χ0v) is 11.4. The molecular formula is C12H13N3O3S. The van der Waals surface area contributed by atoms with Gasteiger partial charge in [-0.1, -0.05) is 11.8 Å². The largest absolute Gasteiger partial charge is 0.469 e. The topological polar surface area (TPSA) is 70.2 Å². The Labute approximate surface area is 114 Å². The van der Waals surface area contributed by atoms with Gasteiger partial charge in [0, 0.05) is 13.5 Å². The number of hydrogen-bond donors (Lipinski definition) is 0. The second-order valence-corrected chi connectivity index (χ2v) is 5.49. The Hall–Kier alpha value is -1.76. The summed E-state index contributed by atoms with van der Waals surface area (Å²) in [6.45, 7) is 2.37. The summed E-state index contributed by atoms with van der Waals surface area (Å²) in [7, 11) is 1.88. The molecule has 2 aromatic heterocycles. The van der Waals surface area contributed by atoms with Crippen LogP contribution in [-0.2, 0) is 16.6 Å². The predicted octanol–water partition coefficient (Wildman–Crippen LogP) is 1.79. The van der Waals surface area contributed by atoms with E-state index in [1.54, 1.807) is 6.26 Å². The van der Waals surface area contributed by atoms with Crippen LogP contribution in [0.1, 0.15) is 12.2 Å². The summed E-state index contributed by atoms with van der Waals surface area (Å²) in [6.07, 6.45) is 2.34. The van der Waals surface area contributed by atoms with Crippen molar-refractivity contribution >= 4 is 17.7 Å². The molecule has 0 amide bonds. The molecule has 1 fully saturated rings. The van der Waals surface area contributed by atoms with Crippen molar-refractivity contribution < 1.29 is 13.9 Å². The fourth-order valence-electron chi connectivity index (χ4n) is 1.98. The molecule has 19 heavy (non-hydrogen) atoms. The van der Waals surface area contributed by atoms with Crippen LogP contribution in [0.25, 0.3) is 11.4 Å². The Kier molecular flexibility index (Phi) is 3.06. The SMILES string of the molecule is Cc1occc1-c1nnc(S[C@@H]2CCOC2=O)n1C. The number of ether oxygens (including phenoxy) is 1. The van der Waals surface area contributed by atoms with Gasteiger partial charge >= 0.3 is 5.97 Å². The Morgan fingerprint density at radius 1 is 1.47 bits per heavy atom. The first-order chi connectivity index (χ1) is 9.16. The van der Waals surface area contributed by atoms with Crippen LogP contribution in [0, 0.1) is 6.92 Å². The average Bonchev–Trinajstić information content (AvgIpc) is 3.05. The van der Waals surface area contributed by atoms with Crippen molar-refractivity contribution in [1.82, 2.24) is 14.8 Å². The number of aryl methyl sites for hydroxylation is 1. The van der Waals surface area contributed by atoms with Crippen molar-refractivity contribution in [1.29, 1.82) is 0 Å². The lowest BCUT2D eigenvalue weighted by Crippen LogP contribution is -2.10. The fraction of sp³-hybridized carbons (Fsp3) is 0.417. The zero-order chi connectivity index (χ0) is 13.4. The number of carbonyl (C=O) groups excluding carboxylic acids is 1. The minimum absolute atomic E-state index is 0.172. The van der Waals surface area contributed by atoms with Gasteiger partial charge in [-0.15, -0.1) is 10.2 Å². The van der Waals surface area contributed by atoms with Crippen molar-refractivity contribution in [2.45, 2.75) is 23.8 Å². The Morgan fingerprint density at radius 3 is 2.95 bits per heavy atom. The maximum atomic E-state index is 11.5. The highest BCUT2D eigenvalue weighted by Gasteiger charge is 2.29. The molecule has 1 saturated heterocycles. The van der Waals surface area contributed by atoms with Crippen molar-refractivity contribution in [3.63, 3.8) is 0 Å². The molecule has 3 rings (SSSR count). The number of aromatic nitrogens is 3. The summed E-state index contributed by atoms with van der Waals surface area (Å²) in [6, 6.07) is 1.86. The molecule has 100 valence electrons. The van der Waals surface area contributed by atoms with Crippen molar-refractivity contribution in [3.05, 3.63) is 18.1 Å². The molecule has 2 aromatic rings. The second kappa shape index (κ2) is 4.73. The van der Waals surface area contributed by atoms with Gasteiger partial charge in [0.05, 0.1) is 18.4 Å². The first-order valence-electron chi connectivity index (χ1n) is 5.94. The molecule has 0 bridgehead atoms. The van der Waals surface area contributed by atoms with Gasteiger partial charge in [0.1, 0.15) is 11.0 Å². The molecule has 1 aliphatic heterocycles. The lowest BCUT2D eigenvalue weighted by atomic mass is 10.2. The van der Waals surface area contributed by atoms with E-state index in [9.17, 15) is 4.79 Å². The molecule has 1 aliphatic rings. The molecule has 1 atom stereocenters. The van der Waals surface area contributed by atoms with Crippen LogP contribution in [0.4, 0.5) is 0 Å². The molecular weight excluding hydrogens is 266 g/mol. The van der Waals surface area contributed by atoms with Crippen LogP contribution in [0.2, 0.25) is 0 Å². The Balaban J connectivity index is 1.87. The number of cyclic esters (lactones) is 1. The summed E-state index contributed by atoms with van der Waals surface area (Å²) in [5.41, 5.74) is 0.913. The molecule has 0 saturated carbocycles. The third-order valence-electron chi connectivity index (χ3n) is 3.07. The standard InChI is InChI=1S/C12H13N3O3S/c1-7-8(3-5-17-7)10-13-14-12(15(10)2)19-9-4-6-18-11(9)16/h3,5,9H,4,6H2,1-2H3/t9-/m1/s1. The summed E-state index contributed by atoms with van der Waals surface area (Å²) < 4.78 is 12.1. The number of esters is 1. The number of rotatable bonds is 3. The van der Waals surface area contributed by atoms with Crippen LogP contribution in [-0.4, -0.2) is 32.6 Å². The fourth-order valence-corrected chi connectivity index (χ4v) is 2.95. The highest BCUT2D eigenvalue weighted by molar-refractivity contribution is 8.00. The molecule has 0 aliphatic carbocycles. The highest BCUT2D eigenvalue weighted by Crippen LogP contribution is 2.31. The van der Waals surface area contributed by atoms with Crippen LogP contribution >= 0.6 is 11.8 Å². The number of hydrogen-bond acceptors (Lipinski definition) is 6. The molecule has 0 N–H and O–H groups in total. The van der Waals surface area contributed by atoms with E-state index in [1.165, 1.54) is 11.8 Å². The minimum Gasteiger partial charge on any atom is -0.469 e. The van der Waals surface area contributed by atoms with E-state index in [0.29, 0.717) is 11.8 Å². The number of carbonyl (C=O) groups is 1. The van der Waals surface area contributed by atoms with Crippen molar-refractivity contribution in [2.24, 2.45) is 7.05 Å². The van der Waals surface area contributed by atoms with Gasteiger partial charge in [-0.05, 0) is 13.0 Å². The summed E-state index contributed by atoms with van der Waals surface area (Å²) in [5, 5.41) is 8.83. The first-order valence-corrected chi connectivity index (χ1v) is 6.82. The molecule has 7 heteroatoms. The summed E-state index contributed by atoms with van der Waals surface area (Å²) in [4.78, 5) is 11.5. The van der Waals surface area contributed by atoms with Crippen LogP contribution in [0.15, 0.2) is 21.9 Å². The maximum Gasteiger partial charge on any atom is 0.319 e. The quantitative estimate of drug-likeness (QED) is 0.798. The monoisotopic (exact) mass is 279 g/mol. The van der Waals surface area contributed by atoms with Gasteiger partial charge in [-0.2, -0.15) is 0 Å². The van der Waals surface area contributed by atoms with Crippen LogP contribution in [0.5, 0.6) is 0 Å². The molecule has 0 spiro atoms. The number of furan rings is 1. The molecule has 0 aromatic carbocycles. The van der Waals surface area contributed by atoms with Gasteiger partial charge in [0.2, 0.25) is 0 Å². The predicted molar refractivity (Wildman–Crippen MR) is 68.7 cm³/mol. The molecule has 0 unspecified atom stereocenters. The third-order valence-corrected chi connectivity index (χ3v) is 4.35. The van der Waals surface area contributed by atoms with Crippen LogP contribution in [0.3, 0.4) is 0 Å². The van der Waals surface area contributed by atoms with Gasteiger partial charge in [0.15, 0.2) is 11.0 Å². The lowest BCUT2D eigenvalue weighted by molar-refractivity contribution is -0.137. The van der Waals surface area contributed by atoms with E-state index in [1.807, 2.05) is 24.6 Å². The summed E-state index contributed by atoms with van der Waals surface area (Å²) >= 11 is 1.39. The number of thioether (sulfide) groups is 1. The van der Waals surface area contributed by atoms with Crippen molar-refractivity contribution in [2.75, 3.05) is 6.61 Å². The zero-order valence-electron chi connectivity index (χ0n) is 10.6. The van der Waals surface area contributed by atoms with Crippen LogP contribution < -0.4 is 0 Å². The highest BCUT2D eigenvalue weighted by atomic mass is 32.2. The van der Waals surface area contributed by atoms with Gasteiger partial charge in [-0.25, -0.2) is 0 Å². The van der Waals surface area contributed by atoms with E-state index in [2.05, 4.69) is 10.2 Å².